The van der Waals surface area contributed by atoms with Gasteiger partial charge in [-0.2, -0.15) is 0 Å². The fourth-order valence-corrected chi connectivity index (χ4v) is 2.52. The van der Waals surface area contributed by atoms with Crippen molar-refractivity contribution in [3.05, 3.63) is 54.1 Å². The molecule has 0 saturated heterocycles. The molecule has 0 atom stereocenters. The van der Waals surface area contributed by atoms with Crippen LogP contribution in [0.4, 0.5) is 11.6 Å². The molecular formula is C18H19N3O2. The molecule has 118 valence electrons. The summed E-state index contributed by atoms with van der Waals surface area (Å²) in [5.74, 6) is 0.484. The lowest BCUT2D eigenvalue weighted by atomic mass is 10.2. The van der Waals surface area contributed by atoms with Crippen LogP contribution in [0.1, 0.15) is 24.2 Å². The highest BCUT2D eigenvalue weighted by atomic mass is 16.5. The molecule has 3 aromatic rings. The van der Waals surface area contributed by atoms with E-state index in [2.05, 4.69) is 27.9 Å². The average molecular weight is 309 g/mol. The quantitative estimate of drug-likeness (QED) is 0.724. The number of nitrogens with one attached hydrogen (secondary N) is 1. The highest BCUT2D eigenvalue weighted by Crippen LogP contribution is 2.23. The van der Waals surface area contributed by atoms with Crippen molar-refractivity contribution in [2.45, 2.75) is 20.4 Å². The van der Waals surface area contributed by atoms with Gasteiger partial charge >= 0.3 is 5.97 Å². The maximum Gasteiger partial charge on any atom is 0.338 e. The molecule has 0 aliphatic rings. The highest BCUT2D eigenvalue weighted by molar-refractivity contribution is 5.90. The smallest absolute Gasteiger partial charge is 0.338 e. The Hall–Kier alpha value is -2.82. The van der Waals surface area contributed by atoms with Crippen molar-refractivity contribution in [3.8, 4) is 0 Å². The molecule has 3 rings (SSSR count). The predicted octanol–water partition coefficient (Wildman–Crippen LogP) is 3.98. The molecule has 1 N–H and O–H groups in total. The standard InChI is InChI=1S/C18H19N3O2/c1-3-21-16-8-6-5-7-15(16)20-18(21)19-14-11-9-13(10-12-14)17(22)23-4-2/h5-12H,3-4H2,1-2H3,(H,19,20). The van der Waals surface area contributed by atoms with Crippen LogP contribution in [0.5, 0.6) is 0 Å². The second-order valence-electron chi connectivity index (χ2n) is 5.09. The summed E-state index contributed by atoms with van der Waals surface area (Å²) in [6, 6.07) is 15.2. The lowest BCUT2D eigenvalue weighted by Crippen LogP contribution is -2.05. The Labute approximate surface area is 134 Å². The van der Waals surface area contributed by atoms with Crippen molar-refractivity contribution in [2.75, 3.05) is 11.9 Å². The molecule has 23 heavy (non-hydrogen) atoms. The van der Waals surface area contributed by atoms with Gasteiger partial charge in [0.1, 0.15) is 0 Å². The summed E-state index contributed by atoms with van der Waals surface area (Å²) in [5, 5.41) is 3.31. The highest BCUT2D eigenvalue weighted by Gasteiger charge is 2.10. The minimum atomic E-state index is -0.306. The third-order valence-electron chi connectivity index (χ3n) is 3.62. The van der Waals surface area contributed by atoms with E-state index in [1.807, 2.05) is 30.3 Å². The Balaban J connectivity index is 1.86. The van der Waals surface area contributed by atoms with Crippen molar-refractivity contribution in [3.63, 3.8) is 0 Å². The van der Waals surface area contributed by atoms with E-state index in [0.717, 1.165) is 29.2 Å². The first-order chi connectivity index (χ1) is 11.2. The molecule has 0 spiro atoms. The number of ether oxygens (including phenoxy) is 1. The van der Waals surface area contributed by atoms with Crippen LogP contribution in [0.25, 0.3) is 11.0 Å². The van der Waals surface area contributed by atoms with E-state index >= 15 is 0 Å². The number of esters is 1. The summed E-state index contributed by atoms with van der Waals surface area (Å²) >= 11 is 0. The molecule has 0 fully saturated rings. The largest absolute Gasteiger partial charge is 0.462 e. The average Bonchev–Trinajstić information content (AvgIpc) is 2.92. The monoisotopic (exact) mass is 309 g/mol. The predicted molar refractivity (Wildman–Crippen MR) is 91.1 cm³/mol. The van der Waals surface area contributed by atoms with Gasteiger partial charge in [-0.15, -0.1) is 0 Å². The number of carbonyl (C=O) groups is 1. The van der Waals surface area contributed by atoms with Crippen LogP contribution in [0.15, 0.2) is 48.5 Å². The van der Waals surface area contributed by atoms with Crippen LogP contribution in [0, 0.1) is 0 Å². The van der Waals surface area contributed by atoms with Gasteiger partial charge < -0.3 is 14.6 Å². The van der Waals surface area contributed by atoms with Crippen molar-refractivity contribution < 1.29 is 9.53 Å². The SMILES string of the molecule is CCOC(=O)c1ccc(Nc2nc3ccccc3n2CC)cc1. The maximum absolute atomic E-state index is 11.7. The summed E-state index contributed by atoms with van der Waals surface area (Å²) < 4.78 is 7.11. The molecule has 5 heteroatoms. The summed E-state index contributed by atoms with van der Waals surface area (Å²) in [6.07, 6.45) is 0. The Morgan fingerprint density at radius 1 is 1.13 bits per heavy atom. The molecule has 0 bridgehead atoms. The molecular weight excluding hydrogens is 290 g/mol. The van der Waals surface area contributed by atoms with Gasteiger partial charge in [-0.3, -0.25) is 0 Å². The Bertz CT molecular complexity index is 822. The van der Waals surface area contributed by atoms with Crippen molar-refractivity contribution >= 4 is 28.6 Å². The number of fused-ring (bicyclic) bond motifs is 1. The normalized spacial score (nSPS) is 10.7. The zero-order valence-corrected chi connectivity index (χ0v) is 13.2. The molecule has 0 amide bonds. The molecule has 0 saturated carbocycles. The number of para-hydroxylation sites is 2. The first kappa shape index (κ1) is 15.1. The van der Waals surface area contributed by atoms with E-state index in [4.69, 9.17) is 4.74 Å². The van der Waals surface area contributed by atoms with E-state index in [9.17, 15) is 4.79 Å². The molecule has 5 nitrogen and oxygen atoms in total. The Kier molecular flexibility index (Phi) is 4.28. The summed E-state index contributed by atoms with van der Waals surface area (Å²) in [6.45, 7) is 5.08. The van der Waals surface area contributed by atoms with Gasteiger partial charge in [0.15, 0.2) is 0 Å². The lowest BCUT2D eigenvalue weighted by Gasteiger charge is -2.09. The van der Waals surface area contributed by atoms with Crippen molar-refractivity contribution in [1.82, 2.24) is 9.55 Å². The van der Waals surface area contributed by atoms with Gasteiger partial charge in [0.25, 0.3) is 0 Å². The topological polar surface area (TPSA) is 56.1 Å². The van der Waals surface area contributed by atoms with Gasteiger partial charge in [-0.05, 0) is 50.2 Å². The first-order valence-electron chi connectivity index (χ1n) is 7.72. The van der Waals surface area contributed by atoms with Crippen LogP contribution >= 0.6 is 0 Å². The van der Waals surface area contributed by atoms with E-state index in [1.54, 1.807) is 19.1 Å². The van der Waals surface area contributed by atoms with Crippen molar-refractivity contribution in [1.29, 1.82) is 0 Å². The van der Waals surface area contributed by atoms with E-state index in [0.29, 0.717) is 12.2 Å². The van der Waals surface area contributed by atoms with Crippen LogP contribution < -0.4 is 5.32 Å². The van der Waals surface area contributed by atoms with Crippen molar-refractivity contribution in [2.24, 2.45) is 0 Å². The van der Waals surface area contributed by atoms with Crippen LogP contribution in [0.3, 0.4) is 0 Å². The van der Waals surface area contributed by atoms with Gasteiger partial charge in [0.05, 0.1) is 23.2 Å². The maximum atomic E-state index is 11.7. The van der Waals surface area contributed by atoms with E-state index < -0.39 is 0 Å². The molecule has 0 unspecified atom stereocenters. The fraction of sp³-hybridized carbons (Fsp3) is 0.222. The number of hydrogen-bond donors (Lipinski definition) is 1. The zero-order chi connectivity index (χ0) is 16.2. The van der Waals surface area contributed by atoms with Gasteiger partial charge in [0.2, 0.25) is 5.95 Å². The minimum absolute atomic E-state index is 0.306. The van der Waals surface area contributed by atoms with Crippen LogP contribution in [0.2, 0.25) is 0 Å². The van der Waals surface area contributed by atoms with E-state index in [-0.39, 0.29) is 5.97 Å². The zero-order valence-electron chi connectivity index (χ0n) is 13.2. The minimum Gasteiger partial charge on any atom is -0.462 e. The Morgan fingerprint density at radius 2 is 1.87 bits per heavy atom. The molecule has 1 heterocycles. The first-order valence-corrected chi connectivity index (χ1v) is 7.72. The van der Waals surface area contributed by atoms with Gasteiger partial charge in [-0.1, -0.05) is 12.1 Å². The molecule has 1 aromatic heterocycles. The number of nitrogens with zero attached hydrogens (tertiary/aromatic N) is 2. The number of aryl methyl sites for hydroxylation is 1. The van der Waals surface area contributed by atoms with Gasteiger partial charge in [0, 0.05) is 12.2 Å². The van der Waals surface area contributed by atoms with Crippen LogP contribution in [-0.4, -0.2) is 22.1 Å². The second-order valence-corrected chi connectivity index (χ2v) is 5.09. The third-order valence-corrected chi connectivity index (χ3v) is 3.62. The molecule has 0 radical (unpaired) electrons. The number of carbonyl (C=O) groups excluding carboxylic acids is 1. The van der Waals surface area contributed by atoms with Crippen LogP contribution in [-0.2, 0) is 11.3 Å². The van der Waals surface area contributed by atoms with Gasteiger partial charge in [-0.25, -0.2) is 9.78 Å². The fourth-order valence-electron chi connectivity index (χ4n) is 2.52. The molecule has 0 aliphatic carbocycles. The number of benzene rings is 2. The summed E-state index contributed by atoms with van der Waals surface area (Å²) in [4.78, 5) is 16.3. The lowest BCUT2D eigenvalue weighted by molar-refractivity contribution is 0.0526. The molecule has 2 aromatic carbocycles. The number of anilines is 2. The molecule has 0 aliphatic heterocycles. The number of imidazole rings is 1. The number of aromatic nitrogens is 2. The Morgan fingerprint density at radius 3 is 2.57 bits per heavy atom. The summed E-state index contributed by atoms with van der Waals surface area (Å²) in [5.41, 5.74) is 3.48. The number of hydrogen-bond acceptors (Lipinski definition) is 4. The second kappa shape index (κ2) is 6.52. The summed E-state index contributed by atoms with van der Waals surface area (Å²) in [7, 11) is 0. The van der Waals surface area contributed by atoms with E-state index in [1.165, 1.54) is 0 Å². The number of rotatable bonds is 5. The third kappa shape index (κ3) is 3.04.